The van der Waals surface area contributed by atoms with Gasteiger partial charge in [0.1, 0.15) is 42.6 Å². The van der Waals surface area contributed by atoms with Gasteiger partial charge in [-0.25, -0.2) is 4.39 Å². The second-order valence-electron chi connectivity index (χ2n) is 19.4. The van der Waals surface area contributed by atoms with Crippen LogP contribution in [0.2, 0.25) is 0 Å². The van der Waals surface area contributed by atoms with Crippen molar-refractivity contribution in [2.24, 2.45) is 5.92 Å². The van der Waals surface area contributed by atoms with Crippen molar-refractivity contribution in [3.05, 3.63) is 70.8 Å². The topological polar surface area (TPSA) is 195 Å². The zero-order valence-electron chi connectivity index (χ0n) is 43.2. The van der Waals surface area contributed by atoms with E-state index in [1.54, 1.807) is 70.8 Å². The highest BCUT2D eigenvalue weighted by atomic mass is 32.1. The molecule has 8 rings (SSSR count). The molecular formula is C53H72FN9O10S. The van der Waals surface area contributed by atoms with Crippen molar-refractivity contribution < 1.29 is 51.8 Å². The number of rotatable bonds is 25. The van der Waals surface area contributed by atoms with Gasteiger partial charge in [0.25, 0.3) is 11.8 Å². The van der Waals surface area contributed by atoms with E-state index in [4.69, 9.17) is 28.2 Å². The number of aromatic nitrogens is 3. The molecule has 0 spiro atoms. The zero-order chi connectivity index (χ0) is 52.0. The molecule has 19 nitrogen and oxygen atoms in total. The molecule has 1 aromatic carbocycles. The Labute approximate surface area is 435 Å². The average molecular weight is 1050 g/mol. The summed E-state index contributed by atoms with van der Waals surface area (Å²) in [4.78, 5) is 66.7. The van der Waals surface area contributed by atoms with Crippen molar-refractivity contribution in [1.82, 2.24) is 44.9 Å². The van der Waals surface area contributed by atoms with Crippen LogP contribution in [0, 0.1) is 18.7 Å². The monoisotopic (exact) mass is 1050 g/mol. The van der Waals surface area contributed by atoms with Gasteiger partial charge < -0.3 is 58.1 Å². The van der Waals surface area contributed by atoms with E-state index in [-0.39, 0.29) is 61.9 Å². The number of amides is 4. The lowest BCUT2D eigenvalue weighted by Crippen LogP contribution is -2.59. The van der Waals surface area contributed by atoms with Crippen molar-refractivity contribution in [1.29, 1.82) is 0 Å². The lowest BCUT2D eigenvalue weighted by atomic mass is 9.83. The minimum absolute atomic E-state index is 0.0567. The molecule has 402 valence electrons. The maximum atomic E-state index is 14.6. The number of fused-ring (bicyclic) bond motifs is 2. The zero-order valence-corrected chi connectivity index (χ0v) is 44.0. The minimum Gasteiger partial charge on any atom is -0.489 e. The molecule has 6 heterocycles. The standard InChI is InChI=1S/C53H72FN9O10S/c1-36-42-32-39(54)10-11-44(42)63(49(36)53(67)62-21-19-61(20-22-62)52(66)48(38-8-6-5-7-9-38)57-51(65)37(2)55-3)35-47(64)59(4)23-24-68-25-26-69-27-28-70-29-30-71-46-33-41(73-58-46)34-60-17-13-40(14-18-60)72-45-12-16-56-43-15-31-74-50(43)45/h10-12,15-16,31-33,37-38,40,48,55H,5-9,13-14,17-30,34-35H2,1-4H3,(H,57,65)/t37-,48-/m0/s1. The predicted molar refractivity (Wildman–Crippen MR) is 277 cm³/mol. The summed E-state index contributed by atoms with van der Waals surface area (Å²) in [5.74, 6) is 0.802. The van der Waals surface area contributed by atoms with Gasteiger partial charge in [-0.1, -0.05) is 19.3 Å². The number of benzene rings is 1. The van der Waals surface area contributed by atoms with Gasteiger partial charge in [-0.15, -0.1) is 11.3 Å². The van der Waals surface area contributed by atoms with E-state index in [9.17, 15) is 23.6 Å². The number of hydrogen-bond donors (Lipinski definition) is 2. The Balaban J connectivity index is 0.701. The summed E-state index contributed by atoms with van der Waals surface area (Å²) >= 11 is 1.65. The quantitative estimate of drug-likeness (QED) is 0.0718. The van der Waals surface area contributed by atoms with E-state index < -0.39 is 17.9 Å². The lowest BCUT2D eigenvalue weighted by molar-refractivity contribution is -0.140. The lowest BCUT2D eigenvalue weighted by Gasteiger charge is -2.39. The first-order valence-electron chi connectivity index (χ1n) is 26.1. The molecule has 21 heteroatoms. The molecule has 1 aliphatic carbocycles. The Bertz CT molecular complexity index is 2640. The van der Waals surface area contributed by atoms with Crippen LogP contribution in [-0.2, 0) is 41.7 Å². The second kappa shape index (κ2) is 26.7. The van der Waals surface area contributed by atoms with Crippen molar-refractivity contribution >= 4 is 56.1 Å². The first kappa shape index (κ1) is 54.5. The minimum atomic E-state index is -0.627. The molecular weight excluding hydrogens is 974 g/mol. The van der Waals surface area contributed by atoms with Crippen molar-refractivity contribution in [2.75, 3.05) is 106 Å². The summed E-state index contributed by atoms with van der Waals surface area (Å²) in [7, 11) is 3.39. The Hall–Kier alpha value is -5.71. The van der Waals surface area contributed by atoms with E-state index in [0.717, 1.165) is 79.8 Å². The normalized spacial score (nSPS) is 16.9. The average Bonchev–Trinajstić information content (AvgIpc) is 4.16. The fourth-order valence-electron chi connectivity index (χ4n) is 9.96. The highest BCUT2D eigenvalue weighted by molar-refractivity contribution is 7.17. The molecule has 0 radical (unpaired) electrons. The molecule has 2 atom stereocenters. The Morgan fingerprint density at radius 1 is 0.878 bits per heavy atom. The van der Waals surface area contributed by atoms with Gasteiger partial charge in [-0.3, -0.25) is 29.1 Å². The largest absolute Gasteiger partial charge is 0.489 e. The number of ether oxygens (including phenoxy) is 5. The predicted octanol–water partition coefficient (Wildman–Crippen LogP) is 5.27. The fourth-order valence-corrected chi connectivity index (χ4v) is 10.8. The van der Waals surface area contributed by atoms with Crippen LogP contribution in [0.4, 0.5) is 4.39 Å². The first-order valence-corrected chi connectivity index (χ1v) is 27.0. The summed E-state index contributed by atoms with van der Waals surface area (Å²) in [5.41, 5.74) is 2.43. The summed E-state index contributed by atoms with van der Waals surface area (Å²) in [5, 5.41) is 12.6. The molecule has 4 amide bonds. The Morgan fingerprint density at radius 3 is 2.31 bits per heavy atom. The summed E-state index contributed by atoms with van der Waals surface area (Å²) in [6.07, 6.45) is 8.71. The number of likely N-dealkylation sites (N-methyl/N-ethyl adjacent to an activating group) is 2. The molecule has 4 aromatic heterocycles. The van der Waals surface area contributed by atoms with E-state index >= 15 is 0 Å². The third-order valence-electron chi connectivity index (χ3n) is 14.4. The molecule has 3 fully saturated rings. The number of likely N-dealkylation sites (tertiary alicyclic amines) is 1. The van der Waals surface area contributed by atoms with Crippen LogP contribution in [0.3, 0.4) is 0 Å². The maximum Gasteiger partial charge on any atom is 0.270 e. The van der Waals surface area contributed by atoms with E-state index in [2.05, 4.69) is 25.7 Å². The Kier molecular flexibility index (Phi) is 19.7. The third-order valence-corrected chi connectivity index (χ3v) is 15.4. The number of thiophene rings is 1. The van der Waals surface area contributed by atoms with Crippen LogP contribution in [-0.4, -0.2) is 182 Å². The molecule has 3 aliphatic rings. The van der Waals surface area contributed by atoms with Crippen LogP contribution in [0.25, 0.3) is 21.1 Å². The van der Waals surface area contributed by atoms with Crippen LogP contribution < -0.4 is 20.1 Å². The van der Waals surface area contributed by atoms with Crippen LogP contribution >= 0.6 is 11.3 Å². The van der Waals surface area contributed by atoms with Crippen LogP contribution in [0.1, 0.15) is 73.7 Å². The molecule has 0 unspecified atom stereocenters. The van der Waals surface area contributed by atoms with Gasteiger partial charge in [0.05, 0.1) is 62.4 Å². The molecule has 1 saturated carbocycles. The third kappa shape index (κ3) is 14.2. The fraction of sp³-hybridized carbons (Fsp3) is 0.585. The van der Waals surface area contributed by atoms with Crippen LogP contribution in [0.5, 0.6) is 11.6 Å². The number of halogens is 1. The van der Waals surface area contributed by atoms with Crippen molar-refractivity contribution in [3.8, 4) is 11.6 Å². The molecule has 74 heavy (non-hydrogen) atoms. The van der Waals surface area contributed by atoms with Crippen LogP contribution in [0.15, 0.2) is 52.5 Å². The van der Waals surface area contributed by atoms with Crippen molar-refractivity contribution in [2.45, 2.75) is 90.1 Å². The van der Waals surface area contributed by atoms with Gasteiger partial charge in [-0.2, -0.15) is 0 Å². The number of piperidine rings is 1. The highest BCUT2D eigenvalue weighted by Gasteiger charge is 2.37. The van der Waals surface area contributed by atoms with Gasteiger partial charge >= 0.3 is 0 Å². The number of hydrogen-bond acceptors (Lipinski definition) is 15. The highest BCUT2D eigenvalue weighted by Crippen LogP contribution is 2.33. The summed E-state index contributed by atoms with van der Waals surface area (Å²) in [6.45, 7) is 9.64. The van der Waals surface area contributed by atoms with Crippen molar-refractivity contribution in [3.63, 3.8) is 0 Å². The number of piperazine rings is 1. The number of carbonyl (C=O) groups excluding carboxylic acids is 4. The maximum absolute atomic E-state index is 14.6. The van der Waals surface area contributed by atoms with E-state index in [1.165, 1.54) is 12.1 Å². The number of nitrogens with one attached hydrogen (secondary N) is 2. The number of aryl methyl sites for hydroxylation is 1. The van der Waals surface area contributed by atoms with E-state index in [1.807, 2.05) is 23.6 Å². The number of nitrogens with zero attached hydrogens (tertiary/aromatic N) is 7. The molecule has 2 saturated heterocycles. The second-order valence-corrected chi connectivity index (χ2v) is 20.3. The van der Waals surface area contributed by atoms with Gasteiger partial charge in [0, 0.05) is 76.0 Å². The number of carbonyl (C=O) groups is 4. The molecule has 2 N–H and O–H groups in total. The first-order chi connectivity index (χ1) is 36.0. The molecule has 0 bridgehead atoms. The molecule has 5 aromatic rings. The SMILES string of the molecule is CN[C@@H](C)C(=O)N[C@H](C(=O)N1CCN(C(=O)c2c(C)c3cc(F)ccc3n2CC(=O)N(C)CCOCCOCCOCCOc2cc(CN3CCC(Oc4ccnc5ccsc45)CC3)on2)CC1)C1CCCCC1. The van der Waals surface area contributed by atoms with Gasteiger partial charge in [0.2, 0.25) is 17.7 Å². The molecule has 2 aliphatic heterocycles. The summed E-state index contributed by atoms with van der Waals surface area (Å²) in [6, 6.07) is 9.01. The summed E-state index contributed by atoms with van der Waals surface area (Å²) < 4.78 is 52.0. The Morgan fingerprint density at radius 2 is 1.58 bits per heavy atom. The van der Waals surface area contributed by atoms with Gasteiger partial charge in [0.15, 0.2) is 5.76 Å². The number of pyridine rings is 1. The smallest absolute Gasteiger partial charge is 0.270 e. The van der Waals surface area contributed by atoms with Gasteiger partial charge in [-0.05, 0) is 98.9 Å². The van der Waals surface area contributed by atoms with E-state index in [0.29, 0.717) is 93.9 Å².